The fourth-order valence-electron chi connectivity index (χ4n) is 2.71. The zero-order valence-electron chi connectivity index (χ0n) is 12.4. The van der Waals surface area contributed by atoms with Gasteiger partial charge in [-0.15, -0.1) is 0 Å². The van der Waals surface area contributed by atoms with Crippen LogP contribution in [0.2, 0.25) is 0 Å². The molecule has 7 heteroatoms. The molecule has 0 aromatic heterocycles. The van der Waals surface area contributed by atoms with Crippen LogP contribution in [-0.4, -0.2) is 47.3 Å². The van der Waals surface area contributed by atoms with Crippen molar-refractivity contribution >= 4 is 5.69 Å². The van der Waals surface area contributed by atoms with E-state index in [1.807, 2.05) is 13.8 Å². The Kier molecular flexibility index (Phi) is 4.64. The molecule has 116 valence electrons. The summed E-state index contributed by atoms with van der Waals surface area (Å²) in [4.78, 5) is 12.6. The number of phenolic OH excluding ortho intramolecular Hbond substituents is 1. The Morgan fingerprint density at radius 2 is 2.05 bits per heavy atom. The van der Waals surface area contributed by atoms with Gasteiger partial charge < -0.3 is 14.6 Å². The van der Waals surface area contributed by atoms with E-state index < -0.39 is 10.7 Å². The number of hydrogen-bond acceptors (Lipinski definition) is 6. The van der Waals surface area contributed by atoms with Gasteiger partial charge in [-0.25, -0.2) is 0 Å². The van der Waals surface area contributed by atoms with Crippen molar-refractivity contribution in [3.8, 4) is 11.5 Å². The number of benzene rings is 1. The highest BCUT2D eigenvalue weighted by Gasteiger charge is 2.24. The first kappa shape index (κ1) is 15.5. The minimum atomic E-state index is -0.605. The minimum Gasteiger partial charge on any atom is -0.500 e. The Morgan fingerprint density at radius 1 is 1.43 bits per heavy atom. The Bertz CT molecular complexity index is 524. The summed E-state index contributed by atoms with van der Waals surface area (Å²) in [5, 5.41) is 20.8. The summed E-state index contributed by atoms with van der Waals surface area (Å²) in [7, 11) is 1.38. The summed E-state index contributed by atoms with van der Waals surface area (Å²) < 4.78 is 10.7. The molecule has 0 bridgehead atoms. The lowest BCUT2D eigenvalue weighted by Gasteiger charge is -2.35. The van der Waals surface area contributed by atoms with Gasteiger partial charge in [0.25, 0.3) is 0 Å². The smallest absolute Gasteiger partial charge is 0.314 e. The van der Waals surface area contributed by atoms with E-state index in [1.165, 1.54) is 13.2 Å². The molecular weight excluding hydrogens is 276 g/mol. The van der Waals surface area contributed by atoms with Crippen LogP contribution in [0.4, 0.5) is 5.69 Å². The predicted octanol–water partition coefficient (Wildman–Crippen LogP) is 1.92. The highest BCUT2D eigenvalue weighted by atomic mass is 16.6. The minimum absolute atomic E-state index is 0.119. The van der Waals surface area contributed by atoms with Crippen LogP contribution in [0.15, 0.2) is 12.1 Å². The maximum atomic E-state index is 11.0. The van der Waals surface area contributed by atoms with Crippen molar-refractivity contribution < 1.29 is 19.5 Å². The number of nitro benzene ring substituents is 1. The van der Waals surface area contributed by atoms with Gasteiger partial charge in [0.2, 0.25) is 5.75 Å². The van der Waals surface area contributed by atoms with Gasteiger partial charge >= 0.3 is 5.69 Å². The average molecular weight is 296 g/mol. The zero-order valence-corrected chi connectivity index (χ0v) is 12.4. The van der Waals surface area contributed by atoms with Gasteiger partial charge in [-0.1, -0.05) is 0 Å². The van der Waals surface area contributed by atoms with Crippen LogP contribution < -0.4 is 4.74 Å². The summed E-state index contributed by atoms with van der Waals surface area (Å²) in [5.41, 5.74) is 0.399. The molecule has 7 nitrogen and oxygen atoms in total. The number of rotatable bonds is 4. The Labute approximate surface area is 123 Å². The number of ether oxygens (including phenoxy) is 2. The first-order valence-electron chi connectivity index (χ1n) is 6.82. The summed E-state index contributed by atoms with van der Waals surface area (Å²) >= 11 is 0. The Morgan fingerprint density at radius 3 is 2.57 bits per heavy atom. The number of nitro groups is 1. The summed E-state index contributed by atoms with van der Waals surface area (Å²) in [6, 6.07) is 3.02. The van der Waals surface area contributed by atoms with Gasteiger partial charge in [-0.2, -0.15) is 0 Å². The molecule has 0 radical (unpaired) electrons. The standard InChI is InChI=1S/C14H20N2O5/c1-9-6-15(7-10(2)21-9)8-11-4-12(16(18)19)14(17)13(5-11)20-3/h4-5,9-10,17H,6-8H2,1-3H3/t9-,10-/m0/s1. The molecule has 1 saturated heterocycles. The molecule has 0 unspecified atom stereocenters. The van der Waals surface area contributed by atoms with Crippen LogP contribution >= 0.6 is 0 Å². The van der Waals surface area contributed by atoms with Crippen molar-refractivity contribution in [1.29, 1.82) is 0 Å². The monoisotopic (exact) mass is 296 g/mol. The second kappa shape index (κ2) is 6.28. The number of hydrogen-bond donors (Lipinski definition) is 1. The lowest BCUT2D eigenvalue weighted by atomic mass is 10.1. The third-order valence-corrected chi connectivity index (χ3v) is 3.43. The first-order chi connectivity index (χ1) is 9.90. The largest absolute Gasteiger partial charge is 0.500 e. The summed E-state index contributed by atoms with van der Waals surface area (Å²) in [6.07, 6.45) is 0.255. The number of methoxy groups -OCH3 is 1. The van der Waals surface area contributed by atoms with Crippen molar-refractivity contribution in [2.24, 2.45) is 0 Å². The molecule has 0 aliphatic carbocycles. The molecule has 0 spiro atoms. The molecule has 2 rings (SSSR count). The van der Waals surface area contributed by atoms with Crippen molar-refractivity contribution in [2.75, 3.05) is 20.2 Å². The average Bonchev–Trinajstić information content (AvgIpc) is 2.39. The number of nitrogens with zero attached hydrogens (tertiary/aromatic N) is 2. The van der Waals surface area contributed by atoms with E-state index in [0.717, 1.165) is 18.7 Å². The van der Waals surface area contributed by atoms with Crippen molar-refractivity contribution in [2.45, 2.75) is 32.6 Å². The maximum absolute atomic E-state index is 11.0. The third-order valence-electron chi connectivity index (χ3n) is 3.43. The van der Waals surface area contributed by atoms with Crippen LogP contribution in [0.25, 0.3) is 0 Å². The van der Waals surface area contributed by atoms with Crippen LogP contribution in [-0.2, 0) is 11.3 Å². The van der Waals surface area contributed by atoms with Gasteiger partial charge in [-0.3, -0.25) is 15.0 Å². The second-order valence-electron chi connectivity index (χ2n) is 5.37. The van der Waals surface area contributed by atoms with Crippen LogP contribution in [0.1, 0.15) is 19.4 Å². The molecule has 1 aliphatic rings. The molecular formula is C14H20N2O5. The van der Waals surface area contributed by atoms with E-state index in [0.29, 0.717) is 6.54 Å². The van der Waals surface area contributed by atoms with Gasteiger partial charge in [0.05, 0.1) is 24.2 Å². The van der Waals surface area contributed by atoms with Gasteiger partial charge in [0, 0.05) is 25.7 Å². The molecule has 0 saturated carbocycles. The number of aromatic hydroxyl groups is 1. The molecule has 1 fully saturated rings. The fourth-order valence-corrected chi connectivity index (χ4v) is 2.71. The van der Waals surface area contributed by atoms with E-state index in [2.05, 4.69) is 4.90 Å². The topological polar surface area (TPSA) is 85.1 Å². The quantitative estimate of drug-likeness (QED) is 0.675. The third kappa shape index (κ3) is 3.62. The zero-order chi connectivity index (χ0) is 15.6. The predicted molar refractivity (Wildman–Crippen MR) is 76.6 cm³/mol. The highest BCUT2D eigenvalue weighted by Crippen LogP contribution is 2.37. The maximum Gasteiger partial charge on any atom is 0.314 e. The SMILES string of the molecule is COc1cc(CN2C[C@H](C)O[C@@H](C)C2)cc([N+](=O)[O-])c1O. The molecule has 1 aromatic rings. The normalized spacial score (nSPS) is 23.0. The second-order valence-corrected chi connectivity index (χ2v) is 5.37. The Hall–Kier alpha value is -1.86. The molecule has 2 atom stereocenters. The summed E-state index contributed by atoms with van der Waals surface area (Å²) in [5.74, 6) is -0.316. The van der Waals surface area contributed by atoms with Gasteiger partial charge in [0.1, 0.15) is 0 Å². The van der Waals surface area contributed by atoms with E-state index in [-0.39, 0.29) is 23.6 Å². The number of morpholine rings is 1. The molecule has 1 aromatic carbocycles. The van der Waals surface area contributed by atoms with Crippen molar-refractivity contribution in [1.82, 2.24) is 4.90 Å². The Balaban J connectivity index is 2.23. The van der Waals surface area contributed by atoms with Crippen LogP contribution in [0.5, 0.6) is 11.5 Å². The van der Waals surface area contributed by atoms with E-state index in [1.54, 1.807) is 6.07 Å². The van der Waals surface area contributed by atoms with Crippen LogP contribution in [0.3, 0.4) is 0 Å². The van der Waals surface area contributed by atoms with Gasteiger partial charge in [-0.05, 0) is 25.5 Å². The molecule has 0 amide bonds. The molecule has 1 N–H and O–H groups in total. The number of phenols is 1. The van der Waals surface area contributed by atoms with E-state index in [4.69, 9.17) is 9.47 Å². The molecule has 21 heavy (non-hydrogen) atoms. The van der Waals surface area contributed by atoms with Crippen LogP contribution in [0, 0.1) is 10.1 Å². The first-order valence-corrected chi connectivity index (χ1v) is 6.82. The van der Waals surface area contributed by atoms with Crippen molar-refractivity contribution in [3.05, 3.63) is 27.8 Å². The molecule has 1 heterocycles. The fraction of sp³-hybridized carbons (Fsp3) is 0.571. The summed E-state index contributed by atoms with van der Waals surface area (Å²) in [6.45, 7) is 6.09. The van der Waals surface area contributed by atoms with E-state index in [9.17, 15) is 15.2 Å². The highest BCUT2D eigenvalue weighted by molar-refractivity contribution is 5.57. The lowest BCUT2D eigenvalue weighted by Crippen LogP contribution is -2.44. The lowest BCUT2D eigenvalue weighted by molar-refractivity contribution is -0.386. The van der Waals surface area contributed by atoms with Crippen molar-refractivity contribution in [3.63, 3.8) is 0 Å². The van der Waals surface area contributed by atoms with E-state index >= 15 is 0 Å². The van der Waals surface area contributed by atoms with Gasteiger partial charge in [0.15, 0.2) is 5.75 Å². The molecule has 1 aliphatic heterocycles.